The van der Waals surface area contributed by atoms with Gasteiger partial charge >= 0.3 is 0 Å². The van der Waals surface area contributed by atoms with Crippen molar-refractivity contribution in [2.75, 3.05) is 13.1 Å². The van der Waals surface area contributed by atoms with Gasteiger partial charge in [0.15, 0.2) is 0 Å². The van der Waals surface area contributed by atoms with Crippen LogP contribution in [0, 0.1) is 23.6 Å². The standard InChI is InChI=1S/C26H21FN4O5/c27-20-8-5-13(10-21-15-3-1-2-4-16(15)22(32)29-28-21)9-17(20)24(34)30-11-18-19(12-30)26(36)31(25(18)35)23(33)14-6-7-14/h1-5,8-9,14,18-19H,6-7,10-12H2,(H,29,32). The fourth-order valence-electron chi connectivity index (χ4n) is 5.16. The number of benzene rings is 2. The molecule has 2 unspecified atom stereocenters. The highest BCUT2D eigenvalue weighted by Gasteiger charge is 2.57. The first kappa shape index (κ1) is 22.3. The molecule has 2 aliphatic heterocycles. The van der Waals surface area contributed by atoms with Crippen molar-refractivity contribution in [2.45, 2.75) is 19.3 Å². The van der Waals surface area contributed by atoms with Crippen molar-refractivity contribution in [2.24, 2.45) is 17.8 Å². The molecule has 1 saturated carbocycles. The number of aromatic amines is 1. The van der Waals surface area contributed by atoms with Gasteiger partial charge in [0.05, 0.1) is 28.5 Å². The summed E-state index contributed by atoms with van der Waals surface area (Å²) >= 11 is 0. The number of imide groups is 3. The van der Waals surface area contributed by atoms with E-state index >= 15 is 0 Å². The Morgan fingerprint density at radius 3 is 2.31 bits per heavy atom. The maximum absolute atomic E-state index is 14.7. The first-order chi connectivity index (χ1) is 17.3. The summed E-state index contributed by atoms with van der Waals surface area (Å²) in [5.74, 6) is -4.75. The number of halogens is 1. The molecule has 9 nitrogen and oxygen atoms in total. The predicted molar refractivity (Wildman–Crippen MR) is 124 cm³/mol. The Morgan fingerprint density at radius 1 is 0.972 bits per heavy atom. The number of hydrogen-bond acceptors (Lipinski definition) is 6. The quantitative estimate of drug-likeness (QED) is 0.558. The minimum absolute atomic E-state index is 0.0434. The maximum atomic E-state index is 14.7. The van der Waals surface area contributed by atoms with Gasteiger partial charge in [-0.3, -0.25) is 24.0 Å². The molecular weight excluding hydrogens is 467 g/mol. The van der Waals surface area contributed by atoms with Crippen LogP contribution in [0.1, 0.15) is 34.5 Å². The number of nitrogens with zero attached hydrogens (tertiary/aromatic N) is 3. The summed E-state index contributed by atoms with van der Waals surface area (Å²) in [5, 5.41) is 7.74. The molecule has 1 aliphatic carbocycles. The molecule has 0 spiro atoms. The van der Waals surface area contributed by atoms with Crippen LogP contribution in [0.4, 0.5) is 4.39 Å². The van der Waals surface area contributed by atoms with Gasteiger partial charge in [0.25, 0.3) is 11.5 Å². The molecule has 1 aromatic heterocycles. The summed E-state index contributed by atoms with van der Waals surface area (Å²) in [5.41, 5.74) is 0.692. The summed E-state index contributed by atoms with van der Waals surface area (Å²) in [7, 11) is 0. The third-order valence-corrected chi connectivity index (χ3v) is 7.24. The van der Waals surface area contributed by atoms with E-state index in [1.807, 2.05) is 0 Å². The molecule has 182 valence electrons. The molecule has 2 atom stereocenters. The summed E-state index contributed by atoms with van der Waals surface area (Å²) in [6, 6.07) is 11.2. The molecular formula is C26H21FN4O5. The van der Waals surface area contributed by atoms with E-state index in [2.05, 4.69) is 10.2 Å². The highest BCUT2D eigenvalue weighted by Crippen LogP contribution is 2.38. The number of rotatable bonds is 4. The van der Waals surface area contributed by atoms with Crippen LogP contribution >= 0.6 is 0 Å². The van der Waals surface area contributed by atoms with Crippen LogP contribution < -0.4 is 5.56 Å². The Kier molecular flexibility index (Phi) is 5.06. The van der Waals surface area contributed by atoms with E-state index < -0.39 is 41.3 Å². The van der Waals surface area contributed by atoms with Crippen LogP contribution in [0.2, 0.25) is 0 Å². The number of H-pyrrole nitrogens is 1. The molecule has 0 radical (unpaired) electrons. The lowest BCUT2D eigenvalue weighted by Gasteiger charge is -2.20. The molecule has 3 heterocycles. The molecule has 3 aromatic rings. The maximum Gasteiger partial charge on any atom is 0.272 e. The van der Waals surface area contributed by atoms with Crippen molar-refractivity contribution < 1.29 is 23.6 Å². The number of aromatic nitrogens is 2. The molecule has 0 bridgehead atoms. The Morgan fingerprint density at radius 2 is 1.64 bits per heavy atom. The lowest BCUT2D eigenvalue weighted by molar-refractivity contribution is -0.151. The summed E-state index contributed by atoms with van der Waals surface area (Å²) in [6.45, 7) is -0.0867. The second kappa shape index (κ2) is 8.18. The second-order valence-electron chi connectivity index (χ2n) is 9.58. The largest absolute Gasteiger partial charge is 0.337 e. The molecule has 3 fully saturated rings. The van der Waals surface area contributed by atoms with Gasteiger partial charge < -0.3 is 4.90 Å². The van der Waals surface area contributed by atoms with E-state index in [4.69, 9.17) is 0 Å². The fourth-order valence-corrected chi connectivity index (χ4v) is 5.16. The predicted octanol–water partition coefficient (Wildman–Crippen LogP) is 1.65. The van der Waals surface area contributed by atoms with Gasteiger partial charge in [-0.15, -0.1) is 0 Å². The number of carbonyl (C=O) groups excluding carboxylic acids is 4. The van der Waals surface area contributed by atoms with Crippen LogP contribution in [-0.4, -0.2) is 56.7 Å². The Bertz CT molecular complexity index is 1500. The molecule has 36 heavy (non-hydrogen) atoms. The monoisotopic (exact) mass is 488 g/mol. The number of nitrogens with one attached hydrogen (secondary N) is 1. The van der Waals surface area contributed by atoms with Crippen LogP contribution in [0.3, 0.4) is 0 Å². The van der Waals surface area contributed by atoms with Crippen molar-refractivity contribution in [3.8, 4) is 0 Å². The first-order valence-corrected chi connectivity index (χ1v) is 11.8. The first-order valence-electron chi connectivity index (χ1n) is 11.8. The normalized spacial score (nSPS) is 21.4. The minimum Gasteiger partial charge on any atom is -0.337 e. The van der Waals surface area contributed by atoms with Gasteiger partial charge in [0.2, 0.25) is 17.7 Å². The minimum atomic E-state index is -0.785. The van der Waals surface area contributed by atoms with Crippen molar-refractivity contribution in [3.63, 3.8) is 0 Å². The number of likely N-dealkylation sites (tertiary alicyclic amines) is 2. The number of carbonyl (C=O) groups is 4. The molecule has 10 heteroatoms. The highest BCUT2D eigenvalue weighted by atomic mass is 19.1. The van der Waals surface area contributed by atoms with E-state index in [9.17, 15) is 28.4 Å². The van der Waals surface area contributed by atoms with E-state index in [0.717, 1.165) is 4.90 Å². The fraction of sp³-hybridized carbons (Fsp3) is 0.308. The molecule has 2 saturated heterocycles. The molecule has 4 amide bonds. The zero-order chi connectivity index (χ0) is 25.1. The third-order valence-electron chi connectivity index (χ3n) is 7.24. The van der Waals surface area contributed by atoms with E-state index in [1.165, 1.54) is 17.0 Å². The van der Waals surface area contributed by atoms with Crippen LogP contribution in [-0.2, 0) is 20.8 Å². The van der Waals surface area contributed by atoms with E-state index in [-0.39, 0.29) is 36.6 Å². The highest BCUT2D eigenvalue weighted by molar-refractivity contribution is 6.18. The van der Waals surface area contributed by atoms with Gasteiger partial charge in [0, 0.05) is 30.8 Å². The molecule has 6 rings (SSSR count). The average molecular weight is 488 g/mol. The number of hydrogen-bond donors (Lipinski definition) is 1. The summed E-state index contributed by atoms with van der Waals surface area (Å²) in [4.78, 5) is 65.2. The second-order valence-corrected chi connectivity index (χ2v) is 9.58. The van der Waals surface area contributed by atoms with E-state index in [1.54, 1.807) is 30.3 Å². The third kappa shape index (κ3) is 3.52. The summed E-state index contributed by atoms with van der Waals surface area (Å²) in [6.07, 6.45) is 1.60. The van der Waals surface area contributed by atoms with Crippen molar-refractivity contribution in [3.05, 3.63) is 75.5 Å². The van der Waals surface area contributed by atoms with E-state index in [0.29, 0.717) is 34.9 Å². The van der Waals surface area contributed by atoms with Crippen molar-refractivity contribution in [1.29, 1.82) is 0 Å². The van der Waals surface area contributed by atoms with Gasteiger partial charge in [0.1, 0.15) is 5.82 Å². The Hall–Kier alpha value is -4.21. The average Bonchev–Trinajstić information content (AvgIpc) is 3.59. The van der Waals surface area contributed by atoms with Crippen molar-refractivity contribution in [1.82, 2.24) is 20.0 Å². The molecule has 2 aromatic carbocycles. The molecule has 3 aliphatic rings. The zero-order valence-corrected chi connectivity index (χ0v) is 19.1. The van der Waals surface area contributed by atoms with Gasteiger partial charge in [-0.2, -0.15) is 5.10 Å². The lowest BCUT2D eigenvalue weighted by Crippen LogP contribution is -2.42. The Balaban J connectivity index is 1.23. The SMILES string of the molecule is O=C(c1cc(Cc2n[nH]c(=O)c3ccccc23)ccc1F)N1CC2C(=O)N(C(=O)C3CC3)C(=O)C2C1. The van der Waals surface area contributed by atoms with Gasteiger partial charge in [-0.05, 0) is 36.6 Å². The van der Waals surface area contributed by atoms with Gasteiger partial charge in [-0.1, -0.05) is 24.3 Å². The summed E-state index contributed by atoms with van der Waals surface area (Å²) < 4.78 is 14.7. The smallest absolute Gasteiger partial charge is 0.272 e. The van der Waals surface area contributed by atoms with Crippen molar-refractivity contribution >= 4 is 34.4 Å². The topological polar surface area (TPSA) is 121 Å². The zero-order valence-electron chi connectivity index (χ0n) is 19.1. The lowest BCUT2D eigenvalue weighted by atomic mass is 10.00. The van der Waals surface area contributed by atoms with Gasteiger partial charge in [-0.25, -0.2) is 14.4 Å². The van der Waals surface area contributed by atoms with Crippen LogP contribution in [0.25, 0.3) is 10.8 Å². The Labute approximate surface area is 203 Å². The van der Waals surface area contributed by atoms with Crippen LogP contribution in [0.15, 0.2) is 47.3 Å². The number of amides is 4. The number of fused-ring (bicyclic) bond motifs is 2. The molecule has 1 N–H and O–H groups in total. The van der Waals surface area contributed by atoms with Crippen LogP contribution in [0.5, 0.6) is 0 Å².